The Morgan fingerprint density at radius 3 is 2.60 bits per heavy atom. The molecule has 0 saturated carbocycles. The van der Waals surface area contributed by atoms with Crippen LogP contribution in [0, 0.1) is 0 Å². The van der Waals surface area contributed by atoms with Gasteiger partial charge in [-0.3, -0.25) is 24.2 Å². The zero-order valence-electron chi connectivity index (χ0n) is 26.6. The van der Waals surface area contributed by atoms with Crippen LogP contribution in [-0.4, -0.2) is 86.1 Å². The van der Waals surface area contributed by atoms with Crippen molar-refractivity contribution in [3.8, 4) is 11.1 Å². The van der Waals surface area contributed by atoms with Gasteiger partial charge < -0.3 is 24.1 Å². The van der Waals surface area contributed by atoms with E-state index < -0.39 is 0 Å². The summed E-state index contributed by atoms with van der Waals surface area (Å²) in [7, 11) is 1.66. The van der Waals surface area contributed by atoms with E-state index in [1.807, 2.05) is 6.07 Å². The normalized spacial score (nSPS) is 19.4. The van der Waals surface area contributed by atoms with Crippen LogP contribution in [0.15, 0.2) is 47.8 Å². The predicted octanol–water partition coefficient (Wildman–Crippen LogP) is 3.64. The van der Waals surface area contributed by atoms with Crippen molar-refractivity contribution < 1.29 is 14.3 Å². The number of pyridine rings is 2. The molecule has 0 aromatic carbocycles. The number of rotatable bonds is 7. The number of ether oxygens (including phenoxy) is 1. The first-order valence-electron chi connectivity index (χ1n) is 16.3. The van der Waals surface area contributed by atoms with Crippen LogP contribution in [-0.2, 0) is 31.3 Å². The third kappa shape index (κ3) is 5.36. The van der Waals surface area contributed by atoms with Gasteiger partial charge in [-0.2, -0.15) is 0 Å². The van der Waals surface area contributed by atoms with Crippen molar-refractivity contribution >= 4 is 35.3 Å². The molecule has 4 aromatic rings. The molecule has 0 radical (unpaired) electrons. The molecule has 0 spiro atoms. The van der Waals surface area contributed by atoms with E-state index in [-0.39, 0.29) is 36.2 Å². The minimum atomic E-state index is -0.259. The summed E-state index contributed by atoms with van der Waals surface area (Å²) in [6.07, 6.45) is 10.6. The number of hydrogen-bond donors (Lipinski definition) is 1. The first-order chi connectivity index (χ1) is 22.9. The third-order valence-electron chi connectivity index (χ3n) is 9.97. The molecule has 1 N–H and O–H groups in total. The monoisotopic (exact) mass is 651 g/mol. The molecule has 4 aliphatic rings. The smallest absolute Gasteiger partial charge is 0.274 e. The summed E-state index contributed by atoms with van der Waals surface area (Å²) in [6, 6.07) is 6.22. The van der Waals surface area contributed by atoms with Gasteiger partial charge in [-0.15, -0.1) is 0 Å². The lowest BCUT2D eigenvalue weighted by atomic mass is 10.0. The summed E-state index contributed by atoms with van der Waals surface area (Å²) in [5.74, 6) is 1.38. The number of nitrogens with one attached hydrogen (secondary N) is 1. The fourth-order valence-electron chi connectivity index (χ4n) is 7.36. The van der Waals surface area contributed by atoms with Gasteiger partial charge in [-0.05, 0) is 49.9 Å². The largest absolute Gasteiger partial charge is 0.378 e. The lowest BCUT2D eigenvalue weighted by Gasteiger charge is -2.46. The molecule has 48 heavy (non-hydrogen) atoms. The molecular formula is C35H41N9O4. The SMILES string of the molecule is C.C[C@H]1CN(C2COC2)CCN1c1cnc(Nc2cc(-c3ccnc(N4Cc5c(cc6n5CCCC6)C4=O)c3C=O)cn(C)c2=O)cn1. The second-order valence-electron chi connectivity index (χ2n) is 12.9. The number of amides is 1. The summed E-state index contributed by atoms with van der Waals surface area (Å²) in [5.41, 5.74) is 4.38. The maximum Gasteiger partial charge on any atom is 0.274 e. The van der Waals surface area contributed by atoms with Crippen molar-refractivity contribution in [3.63, 3.8) is 0 Å². The summed E-state index contributed by atoms with van der Waals surface area (Å²) >= 11 is 0. The van der Waals surface area contributed by atoms with Gasteiger partial charge in [0, 0.05) is 62.9 Å². The molecule has 4 aromatic heterocycles. The van der Waals surface area contributed by atoms with Crippen molar-refractivity contribution in [1.29, 1.82) is 0 Å². The van der Waals surface area contributed by atoms with Crippen LogP contribution in [0.4, 0.5) is 23.1 Å². The number of aryl methyl sites for hydroxylation is 2. The van der Waals surface area contributed by atoms with Gasteiger partial charge in [0.15, 0.2) is 6.29 Å². The first-order valence-corrected chi connectivity index (χ1v) is 16.3. The molecule has 4 aliphatic heterocycles. The highest BCUT2D eigenvalue weighted by Gasteiger charge is 2.36. The van der Waals surface area contributed by atoms with Crippen LogP contribution in [0.25, 0.3) is 11.1 Å². The molecule has 0 aliphatic carbocycles. The number of fused-ring (bicyclic) bond motifs is 3. The minimum absolute atomic E-state index is 0. The minimum Gasteiger partial charge on any atom is -0.378 e. The van der Waals surface area contributed by atoms with Crippen molar-refractivity contribution in [2.75, 3.05) is 48.0 Å². The molecule has 0 unspecified atom stereocenters. The quantitative estimate of drug-likeness (QED) is 0.296. The Kier molecular flexibility index (Phi) is 8.34. The Labute approximate surface area is 279 Å². The van der Waals surface area contributed by atoms with Gasteiger partial charge >= 0.3 is 0 Å². The molecule has 13 heteroatoms. The van der Waals surface area contributed by atoms with Crippen molar-refractivity contribution in [1.82, 2.24) is 29.0 Å². The molecule has 1 atom stereocenters. The number of anilines is 4. The average molecular weight is 652 g/mol. The number of carbonyl (C=O) groups excluding carboxylic acids is 2. The Morgan fingerprint density at radius 2 is 1.88 bits per heavy atom. The second-order valence-corrected chi connectivity index (χ2v) is 12.9. The maximum absolute atomic E-state index is 13.6. The Bertz CT molecular complexity index is 1930. The molecule has 250 valence electrons. The van der Waals surface area contributed by atoms with E-state index in [2.05, 4.69) is 41.6 Å². The van der Waals surface area contributed by atoms with Crippen LogP contribution in [0.2, 0.25) is 0 Å². The number of piperazine rings is 1. The number of carbonyl (C=O) groups is 2. The zero-order valence-corrected chi connectivity index (χ0v) is 26.6. The lowest BCUT2D eigenvalue weighted by molar-refractivity contribution is -0.0692. The fraction of sp³-hybridized carbons (Fsp3) is 0.429. The van der Waals surface area contributed by atoms with E-state index in [1.165, 1.54) is 10.3 Å². The topological polar surface area (TPSA) is 131 Å². The third-order valence-corrected chi connectivity index (χ3v) is 9.97. The van der Waals surface area contributed by atoms with E-state index in [4.69, 9.17) is 4.74 Å². The molecule has 1 amide bonds. The second kappa shape index (κ2) is 12.6. The Balaban J connectivity index is 0.00000364. The van der Waals surface area contributed by atoms with Crippen LogP contribution in [0.5, 0.6) is 0 Å². The molecule has 8 heterocycles. The van der Waals surface area contributed by atoms with E-state index in [9.17, 15) is 14.4 Å². The molecule has 8 rings (SSSR count). The summed E-state index contributed by atoms with van der Waals surface area (Å²) < 4.78 is 9.07. The van der Waals surface area contributed by atoms with Crippen LogP contribution in [0.1, 0.15) is 59.3 Å². The van der Waals surface area contributed by atoms with E-state index in [0.717, 1.165) is 76.5 Å². The Morgan fingerprint density at radius 1 is 1.02 bits per heavy atom. The average Bonchev–Trinajstić information content (AvgIpc) is 3.58. The highest BCUT2D eigenvalue weighted by atomic mass is 16.5. The molecule has 2 saturated heterocycles. The van der Waals surface area contributed by atoms with Gasteiger partial charge in [0.25, 0.3) is 11.5 Å². The number of aromatic nitrogens is 5. The van der Waals surface area contributed by atoms with Gasteiger partial charge in [0.2, 0.25) is 0 Å². The molecule has 0 bridgehead atoms. The van der Waals surface area contributed by atoms with Crippen molar-refractivity contribution in [2.24, 2.45) is 7.05 Å². The van der Waals surface area contributed by atoms with Crippen molar-refractivity contribution in [2.45, 2.75) is 58.8 Å². The molecular weight excluding hydrogens is 610 g/mol. The maximum atomic E-state index is 13.6. The molecule has 13 nitrogen and oxygen atoms in total. The number of aldehydes is 1. The standard InChI is InChI=1S/C34H37N9O4.CH4/c1-21-15-40(24-19-47-20-24)9-10-41(21)31-14-36-30(13-37-31)38-28-11-22(16-39(2)34(28)46)25-6-7-35-32(27(25)18-44)43-17-29-26(33(43)45)12-23-5-3-4-8-42(23)29;/h6-7,11-14,16,18,21,24H,3-5,8-10,15,17,19-20H2,1-2H3,(H,36,38);1H4/t21-;/m0./s1. The van der Waals surface area contributed by atoms with Crippen LogP contribution >= 0.6 is 0 Å². The summed E-state index contributed by atoms with van der Waals surface area (Å²) in [6.45, 7) is 7.81. The molecule has 2 fully saturated rings. The van der Waals surface area contributed by atoms with E-state index in [1.54, 1.807) is 48.9 Å². The van der Waals surface area contributed by atoms with E-state index >= 15 is 0 Å². The van der Waals surface area contributed by atoms with Gasteiger partial charge in [0.05, 0.1) is 55.0 Å². The van der Waals surface area contributed by atoms with Crippen LogP contribution in [0.3, 0.4) is 0 Å². The number of hydrogen-bond acceptors (Lipinski definition) is 10. The lowest BCUT2D eigenvalue weighted by Crippen LogP contribution is -2.59. The van der Waals surface area contributed by atoms with E-state index in [0.29, 0.717) is 40.9 Å². The van der Waals surface area contributed by atoms with Gasteiger partial charge in [-0.25, -0.2) is 15.0 Å². The summed E-state index contributed by atoms with van der Waals surface area (Å²) in [5, 5.41) is 3.13. The zero-order chi connectivity index (χ0) is 32.2. The number of nitrogens with zero attached hydrogens (tertiary/aromatic N) is 8. The van der Waals surface area contributed by atoms with Gasteiger partial charge in [0.1, 0.15) is 23.1 Å². The fourth-order valence-corrected chi connectivity index (χ4v) is 7.36. The van der Waals surface area contributed by atoms with Crippen LogP contribution < -0.4 is 20.7 Å². The van der Waals surface area contributed by atoms with Gasteiger partial charge in [-0.1, -0.05) is 7.43 Å². The Hall–Kier alpha value is -4.88. The highest BCUT2D eigenvalue weighted by Crippen LogP contribution is 2.36. The highest BCUT2D eigenvalue weighted by molar-refractivity contribution is 6.12. The predicted molar refractivity (Wildman–Crippen MR) is 183 cm³/mol. The first kappa shape index (κ1) is 31.7. The summed E-state index contributed by atoms with van der Waals surface area (Å²) in [4.78, 5) is 59.5. The van der Waals surface area contributed by atoms with Crippen molar-refractivity contribution in [3.05, 3.63) is 75.9 Å².